The van der Waals surface area contributed by atoms with Crippen molar-refractivity contribution in [3.8, 4) is 0 Å². The highest BCUT2D eigenvalue weighted by Gasteiger charge is 2.27. The van der Waals surface area contributed by atoms with E-state index < -0.39 is 0 Å². The quantitative estimate of drug-likeness (QED) is 0.757. The summed E-state index contributed by atoms with van der Waals surface area (Å²) in [5.41, 5.74) is 0. The lowest BCUT2D eigenvalue weighted by atomic mass is 10.2. The topological polar surface area (TPSA) is 63.0 Å². The molecule has 0 bridgehead atoms. The van der Waals surface area contributed by atoms with Crippen molar-refractivity contribution >= 4 is 0 Å². The zero-order valence-corrected chi connectivity index (χ0v) is 9.27. The molecule has 2 heterocycles. The summed E-state index contributed by atoms with van der Waals surface area (Å²) in [5, 5.41) is 21.0. The first-order chi connectivity index (χ1) is 7.22. The Morgan fingerprint density at radius 2 is 2.33 bits per heavy atom. The molecule has 0 aromatic carbocycles. The normalized spacial score (nSPS) is 26.1. The Balaban J connectivity index is 2.20. The molecule has 84 valence electrons. The zero-order chi connectivity index (χ0) is 10.8. The van der Waals surface area contributed by atoms with Crippen molar-refractivity contribution in [3.63, 3.8) is 0 Å². The fourth-order valence-corrected chi connectivity index (χ4v) is 2.07. The van der Waals surface area contributed by atoms with E-state index in [9.17, 15) is 5.11 Å². The first-order valence-electron chi connectivity index (χ1n) is 5.53. The minimum Gasteiger partial charge on any atom is -0.392 e. The van der Waals surface area contributed by atoms with Crippen LogP contribution in [0, 0.1) is 6.92 Å². The predicted molar refractivity (Wildman–Crippen MR) is 56.4 cm³/mol. The first kappa shape index (κ1) is 10.6. The fourth-order valence-electron chi connectivity index (χ4n) is 2.07. The smallest absolute Gasteiger partial charge is 0.150 e. The molecular weight excluding hydrogens is 192 g/mol. The Kier molecular flexibility index (Phi) is 3.02. The number of β-amino-alcohol motifs (C(OH)–C–C–N with tert-alkyl or cyclic N) is 1. The summed E-state index contributed by atoms with van der Waals surface area (Å²) in [5.74, 6) is 1.92. The van der Waals surface area contributed by atoms with Crippen LogP contribution in [-0.2, 0) is 6.54 Å². The Morgan fingerprint density at radius 1 is 1.53 bits per heavy atom. The van der Waals surface area contributed by atoms with E-state index in [1.807, 2.05) is 6.92 Å². The third-order valence-electron chi connectivity index (χ3n) is 2.83. The average molecular weight is 210 g/mol. The standard InChI is InChI=1S/C10H18N4O/c1-3-4-14-7(2)12-13-10(14)9-5-8(15)6-11-9/h8-9,11,15H,3-6H2,1-2H3. The molecule has 0 amide bonds. The number of nitrogens with zero attached hydrogens (tertiary/aromatic N) is 3. The SMILES string of the molecule is CCCn1c(C)nnc1C1CC(O)CN1. The van der Waals surface area contributed by atoms with Crippen molar-refractivity contribution in [2.45, 2.75) is 45.4 Å². The molecule has 1 aromatic heterocycles. The molecule has 1 fully saturated rings. The van der Waals surface area contributed by atoms with Gasteiger partial charge in [-0.2, -0.15) is 0 Å². The van der Waals surface area contributed by atoms with Gasteiger partial charge in [0, 0.05) is 13.1 Å². The van der Waals surface area contributed by atoms with Gasteiger partial charge in [-0.1, -0.05) is 6.92 Å². The van der Waals surface area contributed by atoms with E-state index in [1.54, 1.807) is 0 Å². The summed E-state index contributed by atoms with van der Waals surface area (Å²) < 4.78 is 2.13. The molecule has 1 aromatic rings. The first-order valence-corrected chi connectivity index (χ1v) is 5.53. The summed E-state index contributed by atoms with van der Waals surface area (Å²) in [7, 11) is 0. The fraction of sp³-hybridized carbons (Fsp3) is 0.800. The second-order valence-electron chi connectivity index (χ2n) is 4.11. The number of aryl methyl sites for hydroxylation is 1. The lowest BCUT2D eigenvalue weighted by Gasteiger charge is -2.12. The molecule has 1 aliphatic heterocycles. The maximum absolute atomic E-state index is 9.47. The summed E-state index contributed by atoms with van der Waals surface area (Å²) in [6.07, 6.45) is 1.56. The summed E-state index contributed by atoms with van der Waals surface area (Å²) in [6.45, 7) is 5.71. The van der Waals surface area contributed by atoms with Crippen LogP contribution in [0.4, 0.5) is 0 Å². The molecule has 2 unspecified atom stereocenters. The molecule has 0 radical (unpaired) electrons. The molecule has 0 aliphatic carbocycles. The molecular formula is C10H18N4O. The average Bonchev–Trinajstić information content (AvgIpc) is 2.76. The van der Waals surface area contributed by atoms with Gasteiger partial charge in [0.2, 0.25) is 0 Å². The highest BCUT2D eigenvalue weighted by Crippen LogP contribution is 2.22. The van der Waals surface area contributed by atoms with Crippen molar-refractivity contribution in [2.24, 2.45) is 0 Å². The number of aliphatic hydroxyl groups is 1. The molecule has 2 atom stereocenters. The van der Waals surface area contributed by atoms with Gasteiger partial charge in [0.15, 0.2) is 0 Å². The van der Waals surface area contributed by atoms with Crippen LogP contribution in [-0.4, -0.2) is 32.5 Å². The van der Waals surface area contributed by atoms with E-state index >= 15 is 0 Å². The lowest BCUT2D eigenvalue weighted by Crippen LogP contribution is -2.19. The van der Waals surface area contributed by atoms with Gasteiger partial charge in [-0.25, -0.2) is 0 Å². The molecule has 1 saturated heterocycles. The van der Waals surface area contributed by atoms with Crippen LogP contribution < -0.4 is 5.32 Å². The van der Waals surface area contributed by atoms with Gasteiger partial charge in [0.25, 0.3) is 0 Å². The van der Waals surface area contributed by atoms with Gasteiger partial charge in [-0.15, -0.1) is 10.2 Å². The molecule has 2 N–H and O–H groups in total. The zero-order valence-electron chi connectivity index (χ0n) is 9.27. The van der Waals surface area contributed by atoms with Gasteiger partial charge in [-0.05, 0) is 19.8 Å². The highest BCUT2D eigenvalue weighted by molar-refractivity contribution is 5.03. The van der Waals surface area contributed by atoms with Crippen molar-refractivity contribution in [2.75, 3.05) is 6.54 Å². The lowest BCUT2D eigenvalue weighted by molar-refractivity contribution is 0.192. The Labute approximate surface area is 89.5 Å². The molecule has 1 aliphatic rings. The second-order valence-corrected chi connectivity index (χ2v) is 4.11. The van der Waals surface area contributed by atoms with E-state index in [-0.39, 0.29) is 12.1 Å². The van der Waals surface area contributed by atoms with Crippen molar-refractivity contribution < 1.29 is 5.11 Å². The third-order valence-corrected chi connectivity index (χ3v) is 2.83. The molecule has 0 saturated carbocycles. The molecule has 5 heteroatoms. The maximum Gasteiger partial charge on any atom is 0.150 e. The minimum absolute atomic E-state index is 0.160. The van der Waals surface area contributed by atoms with Gasteiger partial charge >= 0.3 is 0 Å². The third kappa shape index (κ3) is 2.03. The molecule has 5 nitrogen and oxygen atoms in total. The van der Waals surface area contributed by atoms with Gasteiger partial charge in [-0.3, -0.25) is 0 Å². The van der Waals surface area contributed by atoms with E-state index in [4.69, 9.17) is 0 Å². The van der Waals surface area contributed by atoms with E-state index in [0.29, 0.717) is 6.54 Å². The largest absolute Gasteiger partial charge is 0.392 e. The number of aromatic nitrogens is 3. The molecule has 2 rings (SSSR count). The van der Waals surface area contributed by atoms with Crippen LogP contribution in [0.5, 0.6) is 0 Å². The number of hydrogen-bond acceptors (Lipinski definition) is 4. The molecule has 15 heavy (non-hydrogen) atoms. The number of nitrogens with one attached hydrogen (secondary N) is 1. The number of rotatable bonds is 3. The monoisotopic (exact) mass is 210 g/mol. The van der Waals surface area contributed by atoms with Crippen LogP contribution in [0.1, 0.15) is 37.5 Å². The Bertz CT molecular complexity index is 336. The second kappa shape index (κ2) is 4.28. The minimum atomic E-state index is -0.248. The predicted octanol–water partition coefficient (Wildman–Crippen LogP) is 0.392. The van der Waals surface area contributed by atoms with Gasteiger partial charge in [0.05, 0.1) is 12.1 Å². The van der Waals surface area contributed by atoms with Crippen LogP contribution >= 0.6 is 0 Å². The molecule has 0 spiro atoms. The highest BCUT2D eigenvalue weighted by atomic mass is 16.3. The van der Waals surface area contributed by atoms with Gasteiger partial charge < -0.3 is 15.0 Å². The van der Waals surface area contributed by atoms with Crippen molar-refractivity contribution in [3.05, 3.63) is 11.6 Å². The van der Waals surface area contributed by atoms with Crippen molar-refractivity contribution in [1.29, 1.82) is 0 Å². The van der Waals surface area contributed by atoms with E-state index in [0.717, 1.165) is 31.0 Å². The van der Waals surface area contributed by atoms with Crippen LogP contribution in [0.2, 0.25) is 0 Å². The number of hydrogen-bond donors (Lipinski definition) is 2. The van der Waals surface area contributed by atoms with Gasteiger partial charge in [0.1, 0.15) is 11.6 Å². The summed E-state index contributed by atoms with van der Waals surface area (Å²) in [6, 6.07) is 0.160. The maximum atomic E-state index is 9.47. The summed E-state index contributed by atoms with van der Waals surface area (Å²) in [4.78, 5) is 0. The van der Waals surface area contributed by atoms with Crippen molar-refractivity contribution in [1.82, 2.24) is 20.1 Å². The van der Waals surface area contributed by atoms with Crippen LogP contribution in [0.3, 0.4) is 0 Å². The van der Waals surface area contributed by atoms with E-state index in [2.05, 4.69) is 27.0 Å². The number of aliphatic hydroxyl groups excluding tert-OH is 1. The van der Waals surface area contributed by atoms with Crippen LogP contribution in [0.15, 0.2) is 0 Å². The Morgan fingerprint density at radius 3 is 2.93 bits per heavy atom. The van der Waals surface area contributed by atoms with Crippen LogP contribution in [0.25, 0.3) is 0 Å². The Hall–Kier alpha value is -0.940. The van der Waals surface area contributed by atoms with E-state index in [1.165, 1.54) is 0 Å². The summed E-state index contributed by atoms with van der Waals surface area (Å²) >= 11 is 0.